The highest BCUT2D eigenvalue weighted by Gasteiger charge is 2.18. The van der Waals surface area contributed by atoms with Gasteiger partial charge in [0.2, 0.25) is 5.89 Å². The molecule has 0 aliphatic heterocycles. The van der Waals surface area contributed by atoms with Crippen LogP contribution in [0.5, 0.6) is 5.75 Å². The second-order valence-corrected chi connectivity index (χ2v) is 8.22. The summed E-state index contributed by atoms with van der Waals surface area (Å²) >= 11 is 0. The summed E-state index contributed by atoms with van der Waals surface area (Å²) in [5.74, 6) is 2.02. The minimum Gasteiger partial charge on any atom is -0.493 e. The van der Waals surface area contributed by atoms with Gasteiger partial charge < -0.3 is 13.9 Å². The molecule has 0 N–H and O–H groups in total. The number of aromatic nitrogens is 1. The van der Waals surface area contributed by atoms with E-state index in [1.165, 1.54) is 11.1 Å². The van der Waals surface area contributed by atoms with Gasteiger partial charge in [-0.25, -0.2) is 4.98 Å². The molecular weight excluding hydrogens is 430 g/mol. The van der Waals surface area contributed by atoms with Gasteiger partial charge in [0.15, 0.2) is 0 Å². The fourth-order valence-electron chi connectivity index (χ4n) is 4.21. The van der Waals surface area contributed by atoms with Crippen LogP contribution >= 0.6 is 0 Å². The number of carbonyl (C=O) groups is 2. The van der Waals surface area contributed by atoms with Crippen LogP contribution in [0.2, 0.25) is 0 Å². The van der Waals surface area contributed by atoms with Crippen molar-refractivity contribution in [1.29, 1.82) is 0 Å². The van der Waals surface area contributed by atoms with Gasteiger partial charge in [-0.3, -0.25) is 9.59 Å². The number of esters is 1. The summed E-state index contributed by atoms with van der Waals surface area (Å²) in [6.45, 7) is 4.61. The van der Waals surface area contributed by atoms with E-state index >= 15 is 0 Å². The van der Waals surface area contributed by atoms with E-state index in [-0.39, 0.29) is 5.97 Å². The largest absolute Gasteiger partial charge is 0.493 e. The lowest BCUT2D eigenvalue weighted by atomic mass is 9.88. The topological polar surface area (TPSA) is 78.6 Å². The van der Waals surface area contributed by atoms with Gasteiger partial charge in [0.25, 0.3) is 0 Å². The molecule has 0 amide bonds. The zero-order valence-corrected chi connectivity index (χ0v) is 19.6. The van der Waals surface area contributed by atoms with Crippen molar-refractivity contribution in [2.75, 3.05) is 13.2 Å². The van der Waals surface area contributed by atoms with E-state index in [0.29, 0.717) is 43.9 Å². The van der Waals surface area contributed by atoms with Crippen LogP contribution in [0, 0.1) is 6.92 Å². The molecule has 0 spiro atoms. The highest BCUT2D eigenvalue weighted by atomic mass is 16.5. The number of allylic oxidation sites excluding steroid dienone is 2. The molecule has 1 aromatic heterocycles. The van der Waals surface area contributed by atoms with Crippen LogP contribution in [-0.2, 0) is 22.4 Å². The van der Waals surface area contributed by atoms with Gasteiger partial charge in [0, 0.05) is 29.5 Å². The van der Waals surface area contributed by atoms with Gasteiger partial charge in [0.05, 0.1) is 18.9 Å². The molecule has 4 rings (SSSR count). The van der Waals surface area contributed by atoms with Crippen LogP contribution in [0.25, 0.3) is 17.0 Å². The molecule has 0 saturated heterocycles. The second-order valence-electron chi connectivity index (χ2n) is 8.22. The van der Waals surface area contributed by atoms with Gasteiger partial charge in [0.1, 0.15) is 17.8 Å². The third kappa shape index (κ3) is 5.45. The summed E-state index contributed by atoms with van der Waals surface area (Å²) in [4.78, 5) is 27.3. The molecule has 0 atom stereocenters. The van der Waals surface area contributed by atoms with Crippen molar-refractivity contribution < 1.29 is 23.5 Å². The predicted octanol–water partition coefficient (Wildman–Crippen LogP) is 5.76. The van der Waals surface area contributed by atoms with E-state index in [0.717, 1.165) is 47.5 Å². The van der Waals surface area contributed by atoms with Crippen LogP contribution in [0.1, 0.15) is 59.1 Å². The van der Waals surface area contributed by atoms with E-state index in [1.807, 2.05) is 38.1 Å². The first-order chi connectivity index (χ1) is 16.6. The van der Waals surface area contributed by atoms with Crippen LogP contribution in [0.15, 0.2) is 53.0 Å². The number of benzene rings is 2. The highest BCUT2D eigenvalue weighted by Crippen LogP contribution is 2.35. The molecule has 176 valence electrons. The molecule has 0 bridgehead atoms. The lowest BCUT2D eigenvalue weighted by molar-refractivity contribution is -0.142. The van der Waals surface area contributed by atoms with Crippen LogP contribution in [0.3, 0.4) is 0 Å². The predicted molar refractivity (Wildman–Crippen MR) is 130 cm³/mol. The SMILES string of the molecule is CCOC(=O)CCC1=CCCc2c(OCCc3nc(-c4ccc(C=O)cc4)oc3C)cccc21. The average molecular weight is 460 g/mol. The summed E-state index contributed by atoms with van der Waals surface area (Å²) in [5.41, 5.74) is 5.83. The normalized spacial score (nSPS) is 12.6. The third-order valence-electron chi connectivity index (χ3n) is 5.95. The minimum atomic E-state index is -0.162. The quantitative estimate of drug-likeness (QED) is 0.283. The number of ether oxygens (including phenoxy) is 2. The molecule has 2 aromatic carbocycles. The lowest BCUT2D eigenvalue weighted by Gasteiger charge is -2.21. The molecule has 1 aliphatic carbocycles. The smallest absolute Gasteiger partial charge is 0.306 e. The molecule has 0 radical (unpaired) electrons. The van der Waals surface area contributed by atoms with Gasteiger partial charge in [-0.05, 0) is 62.4 Å². The number of hydrogen-bond donors (Lipinski definition) is 0. The van der Waals surface area contributed by atoms with Crippen LogP contribution in [-0.4, -0.2) is 30.5 Å². The Balaban J connectivity index is 1.40. The number of hydrogen-bond acceptors (Lipinski definition) is 6. The Morgan fingerprint density at radius 3 is 2.74 bits per heavy atom. The summed E-state index contributed by atoms with van der Waals surface area (Å²) in [6, 6.07) is 13.3. The summed E-state index contributed by atoms with van der Waals surface area (Å²) in [6.07, 6.45) is 6.55. The molecule has 0 unspecified atom stereocenters. The van der Waals surface area contributed by atoms with Crippen LogP contribution in [0.4, 0.5) is 0 Å². The number of fused-ring (bicyclic) bond motifs is 1. The van der Waals surface area contributed by atoms with E-state index in [9.17, 15) is 9.59 Å². The first-order valence-corrected chi connectivity index (χ1v) is 11.7. The maximum absolute atomic E-state index is 11.8. The monoisotopic (exact) mass is 459 g/mol. The van der Waals surface area contributed by atoms with E-state index in [1.54, 1.807) is 12.1 Å². The van der Waals surface area contributed by atoms with Crippen molar-refractivity contribution in [3.8, 4) is 17.2 Å². The van der Waals surface area contributed by atoms with E-state index < -0.39 is 0 Å². The molecule has 1 aliphatic rings. The highest BCUT2D eigenvalue weighted by molar-refractivity contribution is 5.77. The maximum Gasteiger partial charge on any atom is 0.306 e. The summed E-state index contributed by atoms with van der Waals surface area (Å²) in [7, 11) is 0. The number of rotatable bonds is 10. The summed E-state index contributed by atoms with van der Waals surface area (Å²) in [5, 5.41) is 0. The Hall–Kier alpha value is -3.67. The minimum absolute atomic E-state index is 0.162. The number of carbonyl (C=O) groups excluding carboxylic acids is 2. The Bertz CT molecular complexity index is 1190. The molecule has 6 nitrogen and oxygen atoms in total. The number of oxazole rings is 1. The zero-order chi connectivity index (χ0) is 23.9. The number of aryl methyl sites for hydroxylation is 1. The standard InChI is InChI=1S/C28H29NO5/c1-3-32-27(31)15-14-21-6-4-8-24-23(21)7-5-9-26(24)33-17-16-25-19(2)34-28(29-25)22-12-10-20(18-30)11-13-22/h5-7,9-13,18H,3-4,8,14-17H2,1-2H3. The van der Waals surface area contributed by atoms with Crippen molar-refractivity contribution in [3.05, 3.63) is 76.7 Å². The van der Waals surface area contributed by atoms with Gasteiger partial charge in [-0.1, -0.05) is 30.3 Å². The number of nitrogens with zero attached hydrogens (tertiary/aromatic N) is 1. The third-order valence-corrected chi connectivity index (χ3v) is 5.95. The van der Waals surface area contributed by atoms with Gasteiger partial charge in [-0.2, -0.15) is 0 Å². The zero-order valence-electron chi connectivity index (χ0n) is 19.6. The van der Waals surface area contributed by atoms with E-state index in [2.05, 4.69) is 17.1 Å². The maximum atomic E-state index is 11.8. The fraction of sp³-hybridized carbons (Fsp3) is 0.321. The Morgan fingerprint density at radius 2 is 1.97 bits per heavy atom. The molecule has 34 heavy (non-hydrogen) atoms. The first kappa shape index (κ1) is 23.5. The lowest BCUT2D eigenvalue weighted by Crippen LogP contribution is -2.09. The molecular formula is C28H29NO5. The van der Waals surface area contributed by atoms with Crippen molar-refractivity contribution >= 4 is 17.8 Å². The van der Waals surface area contributed by atoms with Crippen molar-refractivity contribution in [3.63, 3.8) is 0 Å². The van der Waals surface area contributed by atoms with Crippen molar-refractivity contribution in [1.82, 2.24) is 4.98 Å². The first-order valence-electron chi connectivity index (χ1n) is 11.7. The Kier molecular flexibility index (Phi) is 7.58. The second kappa shape index (κ2) is 11.0. The number of aldehydes is 1. The Morgan fingerprint density at radius 1 is 1.15 bits per heavy atom. The average Bonchev–Trinajstić information content (AvgIpc) is 3.23. The van der Waals surface area contributed by atoms with Crippen molar-refractivity contribution in [2.24, 2.45) is 0 Å². The molecule has 1 heterocycles. The van der Waals surface area contributed by atoms with Crippen molar-refractivity contribution in [2.45, 2.75) is 46.0 Å². The Labute approximate surface area is 199 Å². The fourth-order valence-corrected chi connectivity index (χ4v) is 4.21. The summed E-state index contributed by atoms with van der Waals surface area (Å²) < 4.78 is 17.1. The molecule has 0 fully saturated rings. The van der Waals surface area contributed by atoms with E-state index in [4.69, 9.17) is 13.9 Å². The molecule has 3 aromatic rings. The molecule has 6 heteroatoms. The molecule has 0 saturated carbocycles. The van der Waals surface area contributed by atoms with Gasteiger partial charge >= 0.3 is 5.97 Å². The van der Waals surface area contributed by atoms with Crippen LogP contribution < -0.4 is 4.74 Å². The van der Waals surface area contributed by atoms with Gasteiger partial charge in [-0.15, -0.1) is 0 Å².